The van der Waals surface area contributed by atoms with Crippen molar-refractivity contribution in [2.45, 2.75) is 38.5 Å². The Morgan fingerprint density at radius 3 is 2.75 bits per heavy atom. The quantitative estimate of drug-likeness (QED) is 0.582. The number of carbonyl (C=O) groups excluding carboxylic acids is 1. The zero-order valence-corrected chi connectivity index (χ0v) is 18.3. The van der Waals surface area contributed by atoms with Crippen molar-refractivity contribution in [3.05, 3.63) is 62.3 Å². The van der Waals surface area contributed by atoms with Crippen LogP contribution in [0.4, 0.5) is 4.79 Å². The second-order valence-electron chi connectivity index (χ2n) is 7.54. The van der Waals surface area contributed by atoms with Gasteiger partial charge >= 0.3 is 6.09 Å². The average Bonchev–Trinajstić information content (AvgIpc) is 2.84. The highest BCUT2D eigenvalue weighted by molar-refractivity contribution is 9.10. The lowest BCUT2D eigenvalue weighted by atomic mass is 9.76. The van der Waals surface area contributed by atoms with Crippen molar-refractivity contribution in [3.63, 3.8) is 0 Å². The highest BCUT2D eigenvalue weighted by atomic mass is 79.9. The van der Waals surface area contributed by atoms with Crippen LogP contribution in [0.3, 0.4) is 0 Å². The van der Waals surface area contributed by atoms with Gasteiger partial charge in [-0.25, -0.2) is 4.79 Å². The Labute approximate surface area is 179 Å². The lowest BCUT2D eigenvalue weighted by Gasteiger charge is -2.36. The highest BCUT2D eigenvalue weighted by Crippen LogP contribution is 2.43. The monoisotopic (exact) mass is 462 g/mol. The third-order valence-electron chi connectivity index (χ3n) is 5.90. The first kappa shape index (κ1) is 19.7. The summed E-state index contributed by atoms with van der Waals surface area (Å²) < 4.78 is 6.20. The number of likely N-dealkylation sites (tertiary alicyclic amines) is 1. The molecule has 1 aliphatic carbocycles. The molecule has 4 nitrogen and oxygen atoms in total. The number of halogens is 2. The first-order valence-corrected chi connectivity index (χ1v) is 11.1. The van der Waals surface area contributed by atoms with Gasteiger partial charge in [-0.2, -0.15) is 0 Å². The minimum atomic E-state index is -0.198. The second-order valence-corrected chi connectivity index (χ2v) is 8.89. The number of piperidine rings is 1. The number of rotatable bonds is 2. The summed E-state index contributed by atoms with van der Waals surface area (Å²) in [6.45, 7) is 3.73. The molecule has 1 aliphatic heterocycles. The summed E-state index contributed by atoms with van der Waals surface area (Å²) >= 11 is 9.88. The maximum Gasteiger partial charge on any atom is 0.409 e. The summed E-state index contributed by atoms with van der Waals surface area (Å²) in [6, 6.07) is 8.49. The lowest BCUT2D eigenvalue weighted by molar-refractivity contribution is 0.0900. The molecule has 2 aromatic rings. The molecule has 0 spiro atoms. The summed E-state index contributed by atoms with van der Waals surface area (Å²) in [6.07, 6.45) is 5.54. The number of pyridine rings is 1. The Kier molecular flexibility index (Phi) is 5.93. The van der Waals surface area contributed by atoms with Gasteiger partial charge in [0.1, 0.15) is 0 Å². The van der Waals surface area contributed by atoms with E-state index in [0.717, 1.165) is 48.3 Å². The molecule has 6 heteroatoms. The van der Waals surface area contributed by atoms with Crippen LogP contribution in [0.2, 0.25) is 5.02 Å². The molecule has 4 rings (SSSR count). The molecule has 1 aromatic heterocycles. The van der Waals surface area contributed by atoms with Gasteiger partial charge in [-0.1, -0.05) is 17.7 Å². The van der Waals surface area contributed by atoms with Crippen LogP contribution >= 0.6 is 27.5 Å². The van der Waals surface area contributed by atoms with Crippen molar-refractivity contribution >= 4 is 33.6 Å². The van der Waals surface area contributed by atoms with Crippen LogP contribution in [-0.4, -0.2) is 35.7 Å². The van der Waals surface area contributed by atoms with E-state index >= 15 is 0 Å². The van der Waals surface area contributed by atoms with Gasteiger partial charge in [0.2, 0.25) is 0 Å². The predicted molar refractivity (Wildman–Crippen MR) is 114 cm³/mol. The van der Waals surface area contributed by atoms with E-state index in [1.807, 2.05) is 24.1 Å². The molecular weight excluding hydrogens is 440 g/mol. The van der Waals surface area contributed by atoms with Crippen molar-refractivity contribution in [2.75, 3.05) is 19.7 Å². The molecule has 1 amide bonds. The van der Waals surface area contributed by atoms with E-state index in [9.17, 15) is 4.79 Å². The standard InChI is InChI=1S/C22H24BrClN2O2/c1-2-28-22(27)26-9-7-14(8-10-26)20-19-6-5-18(24)12-15(19)3-4-16-11-17(23)13-25-21(16)20/h5-6,11-14,20H,2-4,7-10H2,1H3. The van der Waals surface area contributed by atoms with Gasteiger partial charge in [-0.05, 0) is 89.3 Å². The Balaban J connectivity index is 1.67. The fourth-order valence-corrected chi connectivity index (χ4v) is 5.16. The van der Waals surface area contributed by atoms with E-state index in [4.69, 9.17) is 21.3 Å². The number of aromatic nitrogens is 1. The first-order valence-electron chi connectivity index (χ1n) is 9.91. The summed E-state index contributed by atoms with van der Waals surface area (Å²) in [4.78, 5) is 18.8. The zero-order chi connectivity index (χ0) is 19.7. The van der Waals surface area contributed by atoms with Crippen molar-refractivity contribution in [1.82, 2.24) is 9.88 Å². The van der Waals surface area contributed by atoms with Crippen LogP contribution in [-0.2, 0) is 17.6 Å². The molecule has 1 atom stereocenters. The molecule has 1 saturated heterocycles. The number of nitrogens with zero attached hydrogens (tertiary/aromatic N) is 2. The van der Waals surface area contributed by atoms with E-state index in [2.05, 4.69) is 34.1 Å². The Bertz CT molecular complexity index is 827. The summed E-state index contributed by atoms with van der Waals surface area (Å²) in [5.74, 6) is 0.679. The summed E-state index contributed by atoms with van der Waals surface area (Å²) in [5.41, 5.74) is 5.14. The van der Waals surface area contributed by atoms with Crippen LogP contribution in [0.1, 0.15) is 48.1 Å². The molecule has 2 aliphatic rings. The Morgan fingerprint density at radius 1 is 1.25 bits per heavy atom. The average molecular weight is 464 g/mol. The molecular formula is C22H24BrClN2O2. The first-order chi connectivity index (χ1) is 13.6. The second kappa shape index (κ2) is 8.42. The van der Waals surface area contributed by atoms with Gasteiger partial charge in [-0.15, -0.1) is 0 Å². The van der Waals surface area contributed by atoms with Gasteiger partial charge in [-0.3, -0.25) is 4.98 Å². The number of amides is 1. The van der Waals surface area contributed by atoms with Crippen molar-refractivity contribution in [3.8, 4) is 0 Å². The van der Waals surface area contributed by atoms with Crippen LogP contribution in [0.5, 0.6) is 0 Å². The number of carbonyl (C=O) groups is 1. The van der Waals surface area contributed by atoms with Crippen LogP contribution < -0.4 is 0 Å². The van der Waals surface area contributed by atoms with Crippen LogP contribution in [0, 0.1) is 5.92 Å². The van der Waals surface area contributed by atoms with Gasteiger partial charge in [0.15, 0.2) is 0 Å². The number of aryl methyl sites for hydroxylation is 2. The smallest absolute Gasteiger partial charge is 0.409 e. The predicted octanol–water partition coefficient (Wildman–Crippen LogP) is 5.60. The van der Waals surface area contributed by atoms with E-state index in [0.29, 0.717) is 12.5 Å². The van der Waals surface area contributed by atoms with E-state index in [1.54, 1.807) is 0 Å². The molecule has 0 radical (unpaired) electrons. The number of benzene rings is 1. The molecule has 0 N–H and O–H groups in total. The highest BCUT2D eigenvalue weighted by Gasteiger charge is 2.35. The molecule has 28 heavy (non-hydrogen) atoms. The van der Waals surface area contributed by atoms with Crippen molar-refractivity contribution in [1.29, 1.82) is 0 Å². The lowest BCUT2D eigenvalue weighted by Crippen LogP contribution is -2.40. The number of hydrogen-bond acceptors (Lipinski definition) is 3. The minimum Gasteiger partial charge on any atom is -0.450 e. The van der Waals surface area contributed by atoms with Gasteiger partial charge in [0, 0.05) is 34.7 Å². The molecule has 148 valence electrons. The number of ether oxygens (including phenoxy) is 1. The zero-order valence-electron chi connectivity index (χ0n) is 16.0. The molecule has 1 fully saturated rings. The van der Waals surface area contributed by atoms with Crippen LogP contribution in [0.15, 0.2) is 34.9 Å². The topological polar surface area (TPSA) is 42.4 Å². The normalized spacial score (nSPS) is 19.5. The fourth-order valence-electron chi connectivity index (χ4n) is 4.59. The molecule has 1 unspecified atom stereocenters. The third-order valence-corrected chi connectivity index (χ3v) is 6.57. The maximum absolute atomic E-state index is 12.1. The van der Waals surface area contributed by atoms with Gasteiger partial charge < -0.3 is 9.64 Å². The molecule has 2 heterocycles. The third kappa shape index (κ3) is 3.92. The van der Waals surface area contributed by atoms with E-state index in [1.165, 1.54) is 22.4 Å². The van der Waals surface area contributed by atoms with Gasteiger partial charge in [0.25, 0.3) is 0 Å². The summed E-state index contributed by atoms with van der Waals surface area (Å²) in [7, 11) is 0. The van der Waals surface area contributed by atoms with Crippen molar-refractivity contribution in [2.24, 2.45) is 5.92 Å². The minimum absolute atomic E-state index is 0.198. The SMILES string of the molecule is CCOC(=O)N1CCC(C2c3ccc(Cl)cc3CCc3cc(Br)cnc32)CC1. The molecule has 0 saturated carbocycles. The van der Waals surface area contributed by atoms with Crippen molar-refractivity contribution < 1.29 is 9.53 Å². The summed E-state index contributed by atoms with van der Waals surface area (Å²) in [5, 5.41) is 0.787. The fraction of sp³-hybridized carbons (Fsp3) is 0.455. The number of hydrogen-bond donors (Lipinski definition) is 0. The molecule has 1 aromatic carbocycles. The number of fused-ring (bicyclic) bond motifs is 2. The van der Waals surface area contributed by atoms with E-state index in [-0.39, 0.29) is 12.0 Å². The Hall–Kier alpha value is -1.59. The Morgan fingerprint density at radius 2 is 2.00 bits per heavy atom. The maximum atomic E-state index is 12.1. The van der Waals surface area contributed by atoms with Gasteiger partial charge in [0.05, 0.1) is 12.3 Å². The van der Waals surface area contributed by atoms with Crippen LogP contribution in [0.25, 0.3) is 0 Å². The van der Waals surface area contributed by atoms with E-state index < -0.39 is 0 Å². The largest absolute Gasteiger partial charge is 0.450 e. The molecule has 0 bridgehead atoms.